The van der Waals surface area contributed by atoms with E-state index in [-0.39, 0.29) is 10.8 Å². The highest BCUT2D eigenvalue weighted by atomic mass is 35.5. The van der Waals surface area contributed by atoms with Crippen molar-refractivity contribution in [1.82, 2.24) is 4.72 Å². The van der Waals surface area contributed by atoms with Crippen LogP contribution in [-0.2, 0) is 10.0 Å². The first-order valence-corrected chi connectivity index (χ1v) is 6.49. The summed E-state index contributed by atoms with van der Waals surface area (Å²) in [5, 5.41) is 0. The summed E-state index contributed by atoms with van der Waals surface area (Å²) in [4.78, 5) is 0. The summed E-state index contributed by atoms with van der Waals surface area (Å²) in [6, 6.07) is 3.04. The van der Waals surface area contributed by atoms with Crippen molar-refractivity contribution in [3.05, 3.63) is 28.6 Å². The number of hydrogen-bond donors (Lipinski definition) is 1. The molecule has 0 amide bonds. The van der Waals surface area contributed by atoms with Gasteiger partial charge in [0.15, 0.2) is 0 Å². The molecule has 78 valence electrons. The van der Waals surface area contributed by atoms with Crippen molar-refractivity contribution >= 4 is 33.0 Å². The van der Waals surface area contributed by atoms with Gasteiger partial charge in [-0.15, -0.1) is 11.3 Å². The number of rotatable bonds is 4. The molecule has 0 saturated carbocycles. The molecular weight excluding hydrogens is 242 g/mol. The SMILES string of the molecule is C=C(C)CNS(=O)(=O)c1ccc(Cl)s1. The molecule has 0 atom stereocenters. The van der Waals surface area contributed by atoms with Crippen LogP contribution in [0.3, 0.4) is 0 Å². The Kier molecular flexibility index (Phi) is 3.71. The number of nitrogens with one attached hydrogen (secondary N) is 1. The van der Waals surface area contributed by atoms with E-state index >= 15 is 0 Å². The highest BCUT2D eigenvalue weighted by molar-refractivity contribution is 7.91. The van der Waals surface area contributed by atoms with E-state index < -0.39 is 10.0 Å². The molecule has 3 nitrogen and oxygen atoms in total. The van der Waals surface area contributed by atoms with Gasteiger partial charge in [-0.3, -0.25) is 0 Å². The fraction of sp³-hybridized carbons (Fsp3) is 0.250. The zero-order valence-corrected chi connectivity index (χ0v) is 9.97. The van der Waals surface area contributed by atoms with Crippen LogP contribution >= 0.6 is 22.9 Å². The van der Waals surface area contributed by atoms with Crippen LogP contribution in [0.4, 0.5) is 0 Å². The lowest BCUT2D eigenvalue weighted by atomic mass is 10.4. The van der Waals surface area contributed by atoms with Gasteiger partial charge in [0.25, 0.3) is 0 Å². The van der Waals surface area contributed by atoms with Gasteiger partial charge in [-0.05, 0) is 19.1 Å². The summed E-state index contributed by atoms with van der Waals surface area (Å²) >= 11 is 6.67. The summed E-state index contributed by atoms with van der Waals surface area (Å²) in [5.41, 5.74) is 0.760. The molecule has 1 rings (SSSR count). The fourth-order valence-electron chi connectivity index (χ4n) is 0.731. The molecule has 1 heterocycles. The van der Waals surface area contributed by atoms with E-state index in [1.54, 1.807) is 13.0 Å². The fourth-order valence-corrected chi connectivity index (χ4v) is 3.36. The largest absolute Gasteiger partial charge is 0.250 e. The minimum Gasteiger partial charge on any atom is -0.206 e. The molecule has 0 aliphatic carbocycles. The lowest BCUT2D eigenvalue weighted by Gasteiger charge is -2.02. The third kappa shape index (κ3) is 3.09. The Morgan fingerprint density at radius 1 is 1.64 bits per heavy atom. The predicted octanol–water partition coefficient (Wildman–Crippen LogP) is 2.26. The molecular formula is C8H10ClNO2S2. The van der Waals surface area contributed by atoms with Crippen LogP contribution in [0.2, 0.25) is 4.34 Å². The average molecular weight is 252 g/mol. The molecule has 0 saturated heterocycles. The Morgan fingerprint density at radius 3 is 2.71 bits per heavy atom. The van der Waals surface area contributed by atoms with Crippen molar-refractivity contribution in [2.24, 2.45) is 0 Å². The van der Waals surface area contributed by atoms with Gasteiger partial charge in [0.1, 0.15) is 4.21 Å². The van der Waals surface area contributed by atoms with E-state index in [9.17, 15) is 8.42 Å². The Labute approximate surface area is 92.5 Å². The van der Waals surface area contributed by atoms with Crippen LogP contribution in [0.5, 0.6) is 0 Å². The molecule has 1 aromatic heterocycles. The topological polar surface area (TPSA) is 46.2 Å². The normalized spacial score (nSPS) is 11.6. The van der Waals surface area contributed by atoms with E-state index in [2.05, 4.69) is 11.3 Å². The molecule has 0 aliphatic heterocycles. The lowest BCUT2D eigenvalue weighted by molar-refractivity contribution is 0.587. The van der Waals surface area contributed by atoms with Gasteiger partial charge in [0.2, 0.25) is 10.0 Å². The van der Waals surface area contributed by atoms with E-state index in [4.69, 9.17) is 11.6 Å². The van der Waals surface area contributed by atoms with Crippen molar-refractivity contribution < 1.29 is 8.42 Å². The van der Waals surface area contributed by atoms with E-state index in [1.165, 1.54) is 6.07 Å². The van der Waals surface area contributed by atoms with Crippen molar-refractivity contribution in [3.63, 3.8) is 0 Å². The first kappa shape index (κ1) is 11.7. The van der Waals surface area contributed by atoms with Crippen molar-refractivity contribution in [1.29, 1.82) is 0 Å². The summed E-state index contributed by atoms with van der Waals surface area (Å²) in [7, 11) is -3.41. The number of thiophene rings is 1. The zero-order chi connectivity index (χ0) is 10.8. The molecule has 0 spiro atoms. The van der Waals surface area contributed by atoms with Crippen molar-refractivity contribution in [2.45, 2.75) is 11.1 Å². The molecule has 1 N–H and O–H groups in total. The molecule has 0 fully saturated rings. The molecule has 0 aliphatic rings. The monoisotopic (exact) mass is 251 g/mol. The first-order chi connectivity index (χ1) is 6.42. The van der Waals surface area contributed by atoms with Crippen LogP contribution in [0.25, 0.3) is 0 Å². The van der Waals surface area contributed by atoms with E-state index in [0.717, 1.165) is 16.9 Å². The molecule has 0 radical (unpaired) electrons. The Morgan fingerprint density at radius 2 is 2.29 bits per heavy atom. The number of halogens is 1. The van der Waals surface area contributed by atoms with E-state index in [1.807, 2.05) is 0 Å². The standard InChI is InChI=1S/C8H10ClNO2S2/c1-6(2)5-10-14(11,12)8-4-3-7(9)13-8/h3-4,10H,1,5H2,2H3. The minimum absolute atomic E-state index is 0.226. The maximum atomic E-state index is 11.5. The summed E-state index contributed by atoms with van der Waals surface area (Å²) in [6.07, 6.45) is 0. The molecule has 1 aromatic rings. The molecule has 0 unspecified atom stereocenters. The number of hydrogen-bond acceptors (Lipinski definition) is 3. The second-order valence-corrected chi connectivity index (χ2v) is 6.55. The number of sulfonamides is 1. The predicted molar refractivity (Wildman–Crippen MR) is 59.3 cm³/mol. The second kappa shape index (κ2) is 4.44. The molecule has 6 heteroatoms. The quantitative estimate of drug-likeness (QED) is 0.835. The van der Waals surface area contributed by atoms with Crippen LogP contribution in [-0.4, -0.2) is 15.0 Å². The Bertz CT molecular complexity index is 436. The Balaban J connectivity index is 2.81. The van der Waals surface area contributed by atoms with Gasteiger partial charge in [0.05, 0.1) is 4.34 Å². The van der Waals surface area contributed by atoms with Gasteiger partial charge in [-0.2, -0.15) is 0 Å². The van der Waals surface area contributed by atoms with Gasteiger partial charge in [0, 0.05) is 6.54 Å². The summed E-state index contributed by atoms with van der Waals surface area (Å²) < 4.78 is 26.2. The summed E-state index contributed by atoms with van der Waals surface area (Å²) in [6.45, 7) is 5.61. The van der Waals surface area contributed by atoms with Crippen molar-refractivity contribution in [3.8, 4) is 0 Å². The molecule has 0 bridgehead atoms. The highest BCUT2D eigenvalue weighted by Crippen LogP contribution is 2.25. The van der Waals surface area contributed by atoms with Crippen LogP contribution in [0, 0.1) is 0 Å². The molecule has 0 aromatic carbocycles. The smallest absolute Gasteiger partial charge is 0.206 e. The zero-order valence-electron chi connectivity index (χ0n) is 7.58. The lowest BCUT2D eigenvalue weighted by Crippen LogP contribution is -2.24. The Hall–Kier alpha value is -0.360. The minimum atomic E-state index is -3.41. The first-order valence-electron chi connectivity index (χ1n) is 3.81. The van der Waals surface area contributed by atoms with Crippen LogP contribution in [0.15, 0.2) is 28.5 Å². The van der Waals surface area contributed by atoms with Crippen LogP contribution < -0.4 is 4.72 Å². The van der Waals surface area contributed by atoms with Gasteiger partial charge >= 0.3 is 0 Å². The maximum Gasteiger partial charge on any atom is 0.250 e. The third-order valence-electron chi connectivity index (χ3n) is 1.38. The third-order valence-corrected chi connectivity index (χ3v) is 4.50. The second-order valence-electron chi connectivity index (χ2n) is 2.84. The van der Waals surface area contributed by atoms with Gasteiger partial charge in [-0.25, -0.2) is 13.1 Å². The van der Waals surface area contributed by atoms with E-state index in [0.29, 0.717) is 4.34 Å². The average Bonchev–Trinajstić information content (AvgIpc) is 2.49. The van der Waals surface area contributed by atoms with Crippen LogP contribution in [0.1, 0.15) is 6.92 Å². The van der Waals surface area contributed by atoms with Gasteiger partial charge in [-0.1, -0.05) is 23.8 Å². The van der Waals surface area contributed by atoms with Gasteiger partial charge < -0.3 is 0 Å². The summed E-state index contributed by atoms with van der Waals surface area (Å²) in [5.74, 6) is 0. The van der Waals surface area contributed by atoms with Crippen molar-refractivity contribution in [2.75, 3.05) is 6.54 Å². The highest BCUT2D eigenvalue weighted by Gasteiger charge is 2.15. The molecule has 14 heavy (non-hydrogen) atoms. The maximum absolute atomic E-state index is 11.5.